The van der Waals surface area contributed by atoms with Gasteiger partial charge in [-0.15, -0.1) is 0 Å². The second kappa shape index (κ2) is 9.55. The lowest BCUT2D eigenvalue weighted by Gasteiger charge is -2.09. The number of H-pyrrole nitrogens is 2. The van der Waals surface area contributed by atoms with Crippen molar-refractivity contribution in [3.63, 3.8) is 0 Å². The smallest absolute Gasteiger partial charge is 0.224 e. The number of carbonyl (C=O) groups excluding carboxylic acids is 1. The Morgan fingerprint density at radius 2 is 1.76 bits per heavy atom. The zero-order chi connectivity index (χ0) is 26.2. The SMILES string of the molecule is CC(C)CC(=O)Nc1cncc(-c2ccc3[nH]nc(-c4nc5c(-c6ccc(F)cc6)cccc5[nH]4)c3c2)c1. The summed E-state index contributed by atoms with van der Waals surface area (Å²) in [5.74, 6) is 0.599. The molecule has 0 aliphatic heterocycles. The second-order valence-electron chi connectivity index (χ2n) is 9.74. The summed E-state index contributed by atoms with van der Waals surface area (Å²) in [5.41, 5.74) is 7.49. The third-order valence-electron chi connectivity index (χ3n) is 6.40. The van der Waals surface area contributed by atoms with Crippen molar-refractivity contribution in [1.82, 2.24) is 25.1 Å². The number of amides is 1. The zero-order valence-corrected chi connectivity index (χ0v) is 20.9. The Morgan fingerprint density at radius 1 is 0.947 bits per heavy atom. The van der Waals surface area contributed by atoms with Crippen molar-refractivity contribution in [2.75, 3.05) is 5.32 Å². The van der Waals surface area contributed by atoms with E-state index in [2.05, 4.69) is 25.5 Å². The molecule has 3 aromatic carbocycles. The Morgan fingerprint density at radius 3 is 2.58 bits per heavy atom. The number of halogens is 1. The summed E-state index contributed by atoms with van der Waals surface area (Å²) >= 11 is 0. The molecule has 3 heterocycles. The lowest BCUT2D eigenvalue weighted by molar-refractivity contribution is -0.116. The van der Waals surface area contributed by atoms with Gasteiger partial charge >= 0.3 is 0 Å². The van der Waals surface area contributed by atoms with Crippen LogP contribution >= 0.6 is 0 Å². The molecule has 6 aromatic rings. The predicted molar refractivity (Wildman–Crippen MR) is 148 cm³/mol. The lowest BCUT2D eigenvalue weighted by Crippen LogP contribution is -2.13. The first kappa shape index (κ1) is 23.5. The molecule has 0 fully saturated rings. The molecule has 188 valence electrons. The summed E-state index contributed by atoms with van der Waals surface area (Å²) in [7, 11) is 0. The van der Waals surface area contributed by atoms with Crippen LogP contribution in [0.4, 0.5) is 10.1 Å². The van der Waals surface area contributed by atoms with Crippen molar-refractivity contribution in [3.8, 4) is 33.8 Å². The highest BCUT2D eigenvalue weighted by atomic mass is 19.1. The number of benzene rings is 3. The van der Waals surface area contributed by atoms with Crippen molar-refractivity contribution in [3.05, 3.63) is 84.9 Å². The van der Waals surface area contributed by atoms with Crippen molar-refractivity contribution in [1.29, 1.82) is 0 Å². The highest BCUT2D eigenvalue weighted by Crippen LogP contribution is 2.33. The number of imidazole rings is 1. The molecule has 0 atom stereocenters. The van der Waals surface area contributed by atoms with Gasteiger partial charge in [0.15, 0.2) is 5.82 Å². The number of pyridine rings is 1. The van der Waals surface area contributed by atoms with Crippen LogP contribution in [0.15, 0.2) is 79.1 Å². The van der Waals surface area contributed by atoms with E-state index in [9.17, 15) is 9.18 Å². The first-order valence-corrected chi connectivity index (χ1v) is 12.4. The van der Waals surface area contributed by atoms with Gasteiger partial charge in [-0.05, 0) is 53.4 Å². The Balaban J connectivity index is 1.38. The number of fused-ring (bicyclic) bond motifs is 2. The average Bonchev–Trinajstić information content (AvgIpc) is 3.52. The van der Waals surface area contributed by atoms with Gasteiger partial charge in [-0.3, -0.25) is 14.9 Å². The van der Waals surface area contributed by atoms with E-state index in [0.717, 1.165) is 44.2 Å². The Labute approximate surface area is 218 Å². The second-order valence-corrected chi connectivity index (χ2v) is 9.74. The molecule has 0 saturated heterocycles. The van der Waals surface area contributed by atoms with Crippen molar-refractivity contribution in [2.45, 2.75) is 20.3 Å². The number of para-hydroxylation sites is 1. The fraction of sp³-hybridized carbons (Fsp3) is 0.133. The standard InChI is InChI=1S/C30H25FN6O/c1-17(2)12-27(38)33-22-13-20(15-32-16-22)19-8-11-25-24(14-19)29(37-36-25)30-34-26-5-3-4-23(28(26)35-30)18-6-9-21(31)10-7-18/h3-11,13-17H,12H2,1-2H3,(H,33,38)(H,34,35)(H,36,37). The Kier molecular flexibility index (Phi) is 5.92. The van der Waals surface area contributed by atoms with Gasteiger partial charge in [-0.2, -0.15) is 5.10 Å². The van der Waals surface area contributed by atoms with E-state index in [1.54, 1.807) is 24.5 Å². The molecule has 7 nitrogen and oxygen atoms in total. The fourth-order valence-electron chi connectivity index (χ4n) is 4.63. The molecule has 1 amide bonds. The van der Waals surface area contributed by atoms with Crippen LogP contribution in [0.3, 0.4) is 0 Å². The number of anilines is 1. The van der Waals surface area contributed by atoms with Crippen molar-refractivity contribution < 1.29 is 9.18 Å². The summed E-state index contributed by atoms with van der Waals surface area (Å²) in [6.07, 6.45) is 3.88. The lowest BCUT2D eigenvalue weighted by atomic mass is 10.0. The van der Waals surface area contributed by atoms with Crippen LogP contribution in [-0.2, 0) is 4.79 Å². The largest absolute Gasteiger partial charge is 0.337 e. The maximum Gasteiger partial charge on any atom is 0.224 e. The van der Waals surface area contributed by atoms with Gasteiger partial charge in [-0.25, -0.2) is 9.37 Å². The number of hydrogen-bond donors (Lipinski definition) is 3. The number of rotatable bonds is 6. The maximum atomic E-state index is 13.5. The minimum absolute atomic E-state index is 0.0311. The molecular weight excluding hydrogens is 479 g/mol. The van der Waals surface area contributed by atoms with E-state index in [1.807, 2.05) is 56.3 Å². The number of carbonyl (C=O) groups is 1. The van der Waals surface area contributed by atoms with Crippen LogP contribution < -0.4 is 5.32 Å². The van der Waals surface area contributed by atoms with Crippen molar-refractivity contribution in [2.24, 2.45) is 5.92 Å². The van der Waals surface area contributed by atoms with Gasteiger partial charge < -0.3 is 10.3 Å². The first-order valence-electron chi connectivity index (χ1n) is 12.4. The van der Waals surface area contributed by atoms with E-state index < -0.39 is 0 Å². The number of hydrogen-bond acceptors (Lipinski definition) is 4. The Bertz CT molecular complexity index is 1780. The predicted octanol–water partition coefficient (Wildman–Crippen LogP) is 6.96. The third kappa shape index (κ3) is 4.52. The summed E-state index contributed by atoms with van der Waals surface area (Å²) in [5, 5.41) is 11.5. The van der Waals surface area contributed by atoms with E-state index in [-0.39, 0.29) is 17.6 Å². The summed E-state index contributed by atoms with van der Waals surface area (Å²) in [6.45, 7) is 4.02. The van der Waals surface area contributed by atoms with E-state index in [4.69, 9.17) is 4.98 Å². The molecule has 0 saturated carbocycles. The molecular formula is C30H25FN6O. The number of nitrogens with zero attached hydrogens (tertiary/aromatic N) is 3. The molecule has 0 radical (unpaired) electrons. The summed E-state index contributed by atoms with van der Waals surface area (Å²) < 4.78 is 13.5. The van der Waals surface area contributed by atoms with Crippen LogP contribution in [0.1, 0.15) is 20.3 Å². The van der Waals surface area contributed by atoms with Gasteiger partial charge in [0.2, 0.25) is 5.91 Å². The van der Waals surface area contributed by atoms with Gasteiger partial charge in [0.05, 0.1) is 28.4 Å². The van der Waals surface area contributed by atoms with Crippen LogP contribution in [0.2, 0.25) is 0 Å². The van der Waals surface area contributed by atoms with Gasteiger partial charge in [-0.1, -0.05) is 44.2 Å². The molecule has 0 unspecified atom stereocenters. The van der Waals surface area contributed by atoms with E-state index >= 15 is 0 Å². The van der Waals surface area contributed by atoms with Gasteiger partial charge in [0, 0.05) is 29.1 Å². The molecule has 0 aliphatic carbocycles. The molecule has 0 bridgehead atoms. The number of aromatic nitrogens is 5. The summed E-state index contributed by atoms with van der Waals surface area (Å²) in [6, 6.07) is 20.2. The van der Waals surface area contributed by atoms with Crippen LogP contribution in [-0.4, -0.2) is 31.1 Å². The highest BCUT2D eigenvalue weighted by molar-refractivity contribution is 5.98. The number of aromatic amines is 2. The fourth-order valence-corrected chi connectivity index (χ4v) is 4.63. The van der Waals surface area contributed by atoms with Crippen LogP contribution in [0, 0.1) is 11.7 Å². The summed E-state index contributed by atoms with van der Waals surface area (Å²) in [4.78, 5) is 24.8. The first-order chi connectivity index (χ1) is 18.4. The van der Waals surface area contributed by atoms with E-state index in [1.165, 1.54) is 12.1 Å². The molecule has 0 aliphatic rings. The minimum atomic E-state index is -0.277. The van der Waals surface area contributed by atoms with Crippen LogP contribution in [0.25, 0.3) is 55.7 Å². The average molecular weight is 505 g/mol. The maximum absolute atomic E-state index is 13.5. The van der Waals surface area contributed by atoms with Crippen LogP contribution in [0.5, 0.6) is 0 Å². The highest BCUT2D eigenvalue weighted by Gasteiger charge is 2.16. The molecule has 0 spiro atoms. The molecule has 6 rings (SSSR count). The normalized spacial score (nSPS) is 11.5. The molecule has 38 heavy (non-hydrogen) atoms. The monoisotopic (exact) mass is 504 g/mol. The molecule has 3 aromatic heterocycles. The minimum Gasteiger partial charge on any atom is -0.337 e. The molecule has 3 N–H and O–H groups in total. The quantitative estimate of drug-likeness (QED) is 0.228. The molecule has 8 heteroatoms. The van der Waals surface area contributed by atoms with E-state index in [0.29, 0.717) is 23.6 Å². The van der Waals surface area contributed by atoms with Crippen molar-refractivity contribution >= 4 is 33.5 Å². The zero-order valence-electron chi connectivity index (χ0n) is 20.9. The Hall–Kier alpha value is -4.85. The van der Waals surface area contributed by atoms with Gasteiger partial charge in [0.1, 0.15) is 11.5 Å². The third-order valence-corrected chi connectivity index (χ3v) is 6.40. The topological polar surface area (TPSA) is 99.3 Å². The number of nitrogens with one attached hydrogen (secondary N) is 3. The van der Waals surface area contributed by atoms with Gasteiger partial charge in [0.25, 0.3) is 0 Å².